The number of hydrogen-bond acceptors (Lipinski definition) is 11. The lowest BCUT2D eigenvalue weighted by molar-refractivity contribution is -0.424. The molecule has 4 aliphatic heterocycles. The Bertz CT molecular complexity index is 988. The van der Waals surface area contributed by atoms with Gasteiger partial charge < -0.3 is 49.2 Å². The Morgan fingerprint density at radius 3 is 2.56 bits per heavy atom. The minimum absolute atomic E-state index is 0.0902. The molecule has 4 heterocycles. The molecule has 6 bridgehead atoms. The van der Waals surface area contributed by atoms with Gasteiger partial charge in [-0.15, -0.1) is 0 Å². The molecule has 34 heavy (non-hydrogen) atoms. The van der Waals surface area contributed by atoms with Crippen LogP contribution >= 0.6 is 0 Å². The second-order valence-corrected chi connectivity index (χ2v) is 10.2. The number of rotatable bonds is 6. The van der Waals surface area contributed by atoms with Crippen LogP contribution in [0.2, 0.25) is 0 Å². The Labute approximate surface area is 194 Å². The molecule has 7 aliphatic rings. The van der Waals surface area contributed by atoms with Gasteiger partial charge >= 0.3 is 5.97 Å². The zero-order valence-electron chi connectivity index (χ0n) is 18.4. The maximum atomic E-state index is 12.7. The fourth-order valence-electron chi connectivity index (χ4n) is 6.87. The molecule has 0 spiro atoms. The molecule has 11 heteroatoms. The van der Waals surface area contributed by atoms with Gasteiger partial charge in [0.2, 0.25) is 0 Å². The SMILES string of the molecule is C[C@]12C[C@]3(O)O[C@@H](O1)[C@]1(COC(=O)c4ccccc4)[C@H]3C[C@]12O[C@H]1O[C@@H](CO)[C@H](O)[C@@H](O)[C@@H]1O. The molecule has 3 saturated carbocycles. The summed E-state index contributed by atoms with van der Waals surface area (Å²) in [6.07, 6.45) is -7.87. The number of carbonyl (C=O) groups excluding carboxylic acids is 1. The molecule has 186 valence electrons. The second-order valence-electron chi connectivity index (χ2n) is 10.2. The van der Waals surface area contributed by atoms with Gasteiger partial charge in [0.05, 0.1) is 17.6 Å². The van der Waals surface area contributed by atoms with E-state index >= 15 is 0 Å². The zero-order chi connectivity index (χ0) is 24.1. The maximum absolute atomic E-state index is 12.7. The van der Waals surface area contributed by atoms with Crippen molar-refractivity contribution in [3.8, 4) is 0 Å². The van der Waals surface area contributed by atoms with Crippen molar-refractivity contribution in [2.45, 2.75) is 73.8 Å². The summed E-state index contributed by atoms with van der Waals surface area (Å²) in [6, 6.07) is 8.47. The average molecular weight is 480 g/mol. The van der Waals surface area contributed by atoms with Crippen LogP contribution < -0.4 is 0 Å². The minimum Gasteiger partial charge on any atom is -0.461 e. The molecular weight excluding hydrogens is 452 g/mol. The number of carbonyl (C=O) groups is 1. The Hall–Kier alpha value is -1.67. The number of esters is 1. The van der Waals surface area contributed by atoms with Crippen LogP contribution in [0, 0.1) is 11.3 Å². The van der Waals surface area contributed by atoms with Gasteiger partial charge in [0, 0.05) is 12.3 Å². The number of aliphatic hydroxyl groups excluding tert-OH is 4. The summed E-state index contributed by atoms with van der Waals surface area (Å²) >= 11 is 0. The minimum atomic E-state index is -1.61. The Kier molecular flexibility index (Phi) is 4.81. The Morgan fingerprint density at radius 2 is 1.85 bits per heavy atom. The van der Waals surface area contributed by atoms with Crippen molar-refractivity contribution in [3.05, 3.63) is 35.9 Å². The predicted octanol–water partition coefficient (Wildman–Crippen LogP) is -1.36. The van der Waals surface area contributed by atoms with Crippen molar-refractivity contribution < 1.29 is 54.0 Å². The normalized spacial score (nSPS) is 52.5. The molecule has 4 saturated heterocycles. The average Bonchev–Trinajstić information content (AvgIpc) is 3.00. The van der Waals surface area contributed by atoms with E-state index in [1.807, 2.05) is 0 Å². The molecule has 8 rings (SSSR count). The van der Waals surface area contributed by atoms with E-state index in [0.717, 1.165) is 0 Å². The van der Waals surface area contributed by atoms with E-state index in [9.17, 15) is 30.3 Å². The molecule has 5 N–H and O–H groups in total. The van der Waals surface area contributed by atoms with Crippen molar-refractivity contribution in [2.24, 2.45) is 11.3 Å². The van der Waals surface area contributed by atoms with E-state index in [1.54, 1.807) is 37.3 Å². The number of ether oxygens (including phenoxy) is 5. The van der Waals surface area contributed by atoms with Gasteiger partial charge in [-0.25, -0.2) is 4.79 Å². The van der Waals surface area contributed by atoms with E-state index in [0.29, 0.717) is 5.56 Å². The van der Waals surface area contributed by atoms with Crippen molar-refractivity contribution >= 4 is 5.97 Å². The van der Waals surface area contributed by atoms with Gasteiger partial charge in [-0.2, -0.15) is 0 Å². The second kappa shape index (κ2) is 7.19. The molecule has 0 amide bonds. The van der Waals surface area contributed by atoms with Crippen LogP contribution in [0.3, 0.4) is 0 Å². The highest BCUT2D eigenvalue weighted by atomic mass is 16.8. The molecule has 0 aromatic heterocycles. The fourth-order valence-corrected chi connectivity index (χ4v) is 6.87. The lowest BCUT2D eigenvalue weighted by Gasteiger charge is -2.67. The van der Waals surface area contributed by atoms with Crippen LogP contribution in [-0.2, 0) is 23.7 Å². The fraction of sp³-hybridized carbons (Fsp3) is 0.696. The molecule has 1 aromatic rings. The third kappa shape index (κ3) is 2.59. The predicted molar refractivity (Wildman–Crippen MR) is 109 cm³/mol. The largest absolute Gasteiger partial charge is 0.461 e. The first-order valence-electron chi connectivity index (χ1n) is 11.4. The summed E-state index contributed by atoms with van der Waals surface area (Å²) in [7, 11) is 0. The van der Waals surface area contributed by atoms with Crippen LogP contribution in [0.25, 0.3) is 0 Å². The maximum Gasteiger partial charge on any atom is 0.338 e. The lowest BCUT2D eigenvalue weighted by Crippen LogP contribution is -2.80. The van der Waals surface area contributed by atoms with Crippen molar-refractivity contribution in [3.63, 3.8) is 0 Å². The first-order valence-corrected chi connectivity index (χ1v) is 11.4. The van der Waals surface area contributed by atoms with Crippen molar-refractivity contribution in [1.82, 2.24) is 0 Å². The summed E-state index contributed by atoms with van der Waals surface area (Å²) in [5.41, 5.74) is -2.99. The molecule has 3 aliphatic carbocycles. The summed E-state index contributed by atoms with van der Waals surface area (Å²) < 4.78 is 29.7. The highest BCUT2D eigenvalue weighted by Crippen LogP contribution is 2.81. The van der Waals surface area contributed by atoms with Crippen LogP contribution in [0.1, 0.15) is 30.1 Å². The first-order chi connectivity index (χ1) is 16.1. The summed E-state index contributed by atoms with van der Waals surface area (Å²) in [4.78, 5) is 12.7. The molecule has 0 radical (unpaired) electrons. The van der Waals surface area contributed by atoms with Gasteiger partial charge in [-0.3, -0.25) is 0 Å². The quantitative estimate of drug-likeness (QED) is 0.306. The van der Waals surface area contributed by atoms with Gasteiger partial charge in [0.15, 0.2) is 18.4 Å². The topological polar surface area (TPSA) is 164 Å². The third-order valence-electron chi connectivity index (χ3n) is 8.57. The van der Waals surface area contributed by atoms with Crippen LogP contribution in [-0.4, -0.2) is 98.7 Å². The Morgan fingerprint density at radius 1 is 1.12 bits per heavy atom. The highest BCUT2D eigenvalue weighted by Gasteiger charge is 2.94. The van der Waals surface area contributed by atoms with Gasteiger partial charge in [0.25, 0.3) is 0 Å². The van der Waals surface area contributed by atoms with Gasteiger partial charge in [-0.05, 0) is 25.5 Å². The van der Waals surface area contributed by atoms with E-state index in [-0.39, 0.29) is 19.4 Å². The lowest BCUT2D eigenvalue weighted by atomic mass is 9.41. The first kappa shape index (κ1) is 22.8. The highest BCUT2D eigenvalue weighted by molar-refractivity contribution is 5.89. The summed E-state index contributed by atoms with van der Waals surface area (Å²) in [5.74, 6) is -2.49. The molecule has 11 nitrogen and oxygen atoms in total. The number of aliphatic hydroxyl groups is 5. The Balaban J connectivity index is 1.32. The standard InChI is InChI=1S/C23H28O11/c1-20-9-22(29)13-7-23(20,32-18-16(27)15(26)14(25)12(8-24)31-18)21(13,19(33-20)34-22)10-30-17(28)11-5-3-2-4-6-11/h2-6,12-16,18-19,24-27,29H,7-10H2,1H3/t12-,13+,14-,15+,16-,18+,19+,20+,21-,22-,23+/m0/s1. The van der Waals surface area contributed by atoms with Crippen LogP contribution in [0.15, 0.2) is 30.3 Å². The van der Waals surface area contributed by atoms with Gasteiger partial charge in [-0.1, -0.05) is 18.2 Å². The van der Waals surface area contributed by atoms with E-state index in [2.05, 4.69) is 0 Å². The molecule has 0 unspecified atom stereocenters. The molecule has 7 fully saturated rings. The summed E-state index contributed by atoms with van der Waals surface area (Å²) in [5, 5.41) is 51.7. The van der Waals surface area contributed by atoms with Crippen molar-refractivity contribution in [1.29, 1.82) is 0 Å². The molecule has 1 aromatic carbocycles. The zero-order valence-corrected chi connectivity index (χ0v) is 18.4. The van der Waals surface area contributed by atoms with Gasteiger partial charge in [0.1, 0.15) is 42.2 Å². The number of hydrogen-bond donors (Lipinski definition) is 5. The third-order valence-corrected chi connectivity index (χ3v) is 8.57. The molecular formula is C23H28O11. The van der Waals surface area contributed by atoms with E-state index in [1.165, 1.54) is 0 Å². The monoisotopic (exact) mass is 480 g/mol. The van der Waals surface area contributed by atoms with Crippen molar-refractivity contribution in [2.75, 3.05) is 13.2 Å². The number of benzene rings is 1. The van der Waals surface area contributed by atoms with Crippen LogP contribution in [0.5, 0.6) is 0 Å². The summed E-state index contributed by atoms with van der Waals surface area (Å²) in [6.45, 7) is 0.985. The van der Waals surface area contributed by atoms with E-state index in [4.69, 9.17) is 23.7 Å². The van der Waals surface area contributed by atoms with Crippen LogP contribution in [0.4, 0.5) is 0 Å². The smallest absolute Gasteiger partial charge is 0.338 e. The molecule has 11 atom stereocenters. The van der Waals surface area contributed by atoms with E-state index < -0.39 is 77.9 Å².